The lowest BCUT2D eigenvalue weighted by molar-refractivity contribution is -0.151. The summed E-state index contributed by atoms with van der Waals surface area (Å²) in [7, 11) is 0. The van der Waals surface area contributed by atoms with Gasteiger partial charge >= 0.3 is 5.97 Å². The molecule has 0 spiro atoms. The van der Waals surface area contributed by atoms with Crippen LogP contribution in [0.15, 0.2) is 0 Å². The van der Waals surface area contributed by atoms with Crippen molar-refractivity contribution in [2.24, 2.45) is 5.92 Å². The molecular weight excluding hydrogens is 164 g/mol. The van der Waals surface area contributed by atoms with Gasteiger partial charge in [-0.15, -0.1) is 0 Å². The molecule has 0 aliphatic rings. The molecule has 0 rings (SSSR count). The Kier molecular flexibility index (Phi) is 4.87. The van der Waals surface area contributed by atoms with Crippen LogP contribution in [-0.4, -0.2) is 34.9 Å². The summed E-state index contributed by atoms with van der Waals surface area (Å²) >= 11 is 0. The average molecular weight is 174 g/mol. The third kappa shape index (κ3) is 3.25. The van der Waals surface area contributed by atoms with Crippen molar-refractivity contribution in [3.05, 3.63) is 0 Å². The molecule has 0 saturated carbocycles. The van der Waals surface area contributed by atoms with Crippen LogP contribution in [0.4, 0.5) is 0 Å². The second-order valence-electron chi connectivity index (χ2n) is 2.28. The molecule has 0 aromatic carbocycles. The number of carboxylic acid groups (broad SMARTS) is 1. The summed E-state index contributed by atoms with van der Waals surface area (Å²) in [5.41, 5.74) is 0. The van der Waals surface area contributed by atoms with E-state index in [0.29, 0.717) is 6.29 Å². The van der Waals surface area contributed by atoms with Gasteiger partial charge in [-0.1, -0.05) is 0 Å². The normalized spacial score (nSPS) is 12.1. The molecule has 2 N–H and O–H groups in total. The number of hydrogen-bond donors (Lipinski definition) is 2. The molecule has 0 bridgehead atoms. The third-order valence-corrected chi connectivity index (χ3v) is 1.44. The van der Waals surface area contributed by atoms with Crippen LogP contribution in [-0.2, 0) is 14.4 Å². The van der Waals surface area contributed by atoms with Crippen molar-refractivity contribution in [2.45, 2.75) is 12.8 Å². The minimum Gasteiger partial charge on any atom is -0.475 e. The van der Waals surface area contributed by atoms with Crippen molar-refractivity contribution in [2.75, 3.05) is 6.61 Å². The topological polar surface area (TPSA) is 91.7 Å². The van der Waals surface area contributed by atoms with Crippen LogP contribution >= 0.6 is 0 Å². The van der Waals surface area contributed by atoms with E-state index in [0.717, 1.165) is 0 Å². The number of aldehydes is 1. The van der Waals surface area contributed by atoms with Gasteiger partial charge in [0.05, 0.1) is 0 Å². The highest BCUT2D eigenvalue weighted by Crippen LogP contribution is 2.07. The van der Waals surface area contributed by atoms with Crippen LogP contribution in [0.25, 0.3) is 0 Å². The minimum absolute atomic E-state index is 0.0177. The largest absolute Gasteiger partial charge is 0.475 e. The van der Waals surface area contributed by atoms with Crippen molar-refractivity contribution >= 4 is 18.0 Å². The van der Waals surface area contributed by atoms with Crippen molar-refractivity contribution in [3.8, 4) is 0 Å². The predicted molar refractivity (Wildman–Crippen MR) is 38.5 cm³/mol. The monoisotopic (exact) mass is 174 g/mol. The summed E-state index contributed by atoms with van der Waals surface area (Å²) in [4.78, 5) is 30.9. The van der Waals surface area contributed by atoms with Crippen LogP contribution in [0.3, 0.4) is 0 Å². The average Bonchev–Trinajstić information content (AvgIpc) is 2.03. The van der Waals surface area contributed by atoms with Gasteiger partial charge in [0, 0.05) is 18.9 Å². The van der Waals surface area contributed by atoms with E-state index in [1.807, 2.05) is 0 Å². The molecule has 1 atom stereocenters. The molecule has 68 valence electrons. The fourth-order valence-corrected chi connectivity index (χ4v) is 0.803. The molecule has 12 heavy (non-hydrogen) atoms. The molecule has 1 unspecified atom stereocenters. The Morgan fingerprint density at radius 2 is 2.00 bits per heavy atom. The van der Waals surface area contributed by atoms with Gasteiger partial charge in [0.25, 0.3) is 0 Å². The fourth-order valence-electron chi connectivity index (χ4n) is 0.803. The zero-order chi connectivity index (χ0) is 9.56. The molecule has 5 nitrogen and oxygen atoms in total. The van der Waals surface area contributed by atoms with Crippen molar-refractivity contribution in [3.63, 3.8) is 0 Å². The quantitative estimate of drug-likeness (QED) is 0.407. The highest BCUT2D eigenvalue weighted by atomic mass is 16.4. The Hall–Kier alpha value is -1.23. The lowest BCUT2D eigenvalue weighted by atomic mass is 9.97. The number of ketones is 1. The van der Waals surface area contributed by atoms with Gasteiger partial charge in [-0.25, -0.2) is 4.79 Å². The number of carboxylic acids is 1. The number of Topliss-reactive ketones (excluding diaryl/α,β-unsaturated/α-hetero) is 1. The first-order chi connectivity index (χ1) is 5.63. The van der Waals surface area contributed by atoms with Gasteiger partial charge < -0.3 is 15.0 Å². The van der Waals surface area contributed by atoms with E-state index in [1.165, 1.54) is 0 Å². The Labute approximate surface area is 69.0 Å². The standard InChI is InChI=1S/C7H10O5/c8-3-1-5(2-4-9)6(10)7(11)12/h3,5,9H,1-2,4H2,(H,11,12). The van der Waals surface area contributed by atoms with Gasteiger partial charge in [0.1, 0.15) is 6.29 Å². The van der Waals surface area contributed by atoms with Crippen LogP contribution in [0, 0.1) is 5.92 Å². The van der Waals surface area contributed by atoms with Gasteiger partial charge in [-0.2, -0.15) is 0 Å². The van der Waals surface area contributed by atoms with Crippen LogP contribution in [0.2, 0.25) is 0 Å². The van der Waals surface area contributed by atoms with Crippen LogP contribution < -0.4 is 0 Å². The number of aliphatic hydroxyl groups excluding tert-OH is 1. The van der Waals surface area contributed by atoms with E-state index in [1.54, 1.807) is 0 Å². The maximum atomic E-state index is 10.8. The maximum absolute atomic E-state index is 10.8. The van der Waals surface area contributed by atoms with Gasteiger partial charge in [0.15, 0.2) is 0 Å². The molecule has 0 heterocycles. The Bertz CT molecular complexity index is 186. The SMILES string of the molecule is O=CCC(CCO)C(=O)C(=O)O. The molecule has 0 saturated heterocycles. The summed E-state index contributed by atoms with van der Waals surface area (Å²) in [6.07, 6.45) is 0.344. The van der Waals surface area contributed by atoms with E-state index in [2.05, 4.69) is 0 Å². The summed E-state index contributed by atoms with van der Waals surface area (Å²) in [6.45, 7) is -0.294. The van der Waals surface area contributed by atoms with E-state index in [4.69, 9.17) is 10.2 Å². The predicted octanol–water partition coefficient (Wildman–Crippen LogP) is -0.772. The number of carbonyl (C=O) groups excluding carboxylic acids is 2. The molecule has 0 fully saturated rings. The number of carbonyl (C=O) groups is 3. The molecular formula is C7H10O5. The van der Waals surface area contributed by atoms with Crippen molar-refractivity contribution < 1.29 is 24.6 Å². The maximum Gasteiger partial charge on any atom is 0.372 e. The minimum atomic E-state index is -1.56. The molecule has 0 aromatic rings. The van der Waals surface area contributed by atoms with E-state index in [9.17, 15) is 14.4 Å². The fraction of sp³-hybridized carbons (Fsp3) is 0.571. The molecule has 0 aliphatic carbocycles. The van der Waals surface area contributed by atoms with Gasteiger partial charge in [-0.05, 0) is 6.42 Å². The molecule has 0 radical (unpaired) electrons. The number of aliphatic carboxylic acids is 1. The lowest BCUT2D eigenvalue weighted by Gasteiger charge is -2.06. The van der Waals surface area contributed by atoms with E-state index >= 15 is 0 Å². The number of rotatable bonds is 6. The lowest BCUT2D eigenvalue weighted by Crippen LogP contribution is -2.24. The zero-order valence-corrected chi connectivity index (χ0v) is 6.40. The Morgan fingerprint density at radius 1 is 1.42 bits per heavy atom. The van der Waals surface area contributed by atoms with E-state index < -0.39 is 17.7 Å². The molecule has 0 amide bonds. The second-order valence-corrected chi connectivity index (χ2v) is 2.28. The first-order valence-electron chi connectivity index (χ1n) is 3.45. The van der Waals surface area contributed by atoms with E-state index in [-0.39, 0.29) is 19.4 Å². The van der Waals surface area contributed by atoms with Crippen molar-refractivity contribution in [1.82, 2.24) is 0 Å². The number of hydrogen-bond acceptors (Lipinski definition) is 4. The highest BCUT2D eigenvalue weighted by Gasteiger charge is 2.23. The number of aliphatic hydroxyl groups is 1. The van der Waals surface area contributed by atoms with Gasteiger partial charge in [-0.3, -0.25) is 4.79 Å². The highest BCUT2D eigenvalue weighted by molar-refractivity contribution is 6.33. The van der Waals surface area contributed by atoms with Crippen LogP contribution in [0.1, 0.15) is 12.8 Å². The zero-order valence-electron chi connectivity index (χ0n) is 6.40. The van der Waals surface area contributed by atoms with Crippen molar-refractivity contribution in [1.29, 1.82) is 0 Å². The molecule has 0 aliphatic heterocycles. The second kappa shape index (κ2) is 5.42. The van der Waals surface area contributed by atoms with Gasteiger partial charge in [0.2, 0.25) is 5.78 Å². The Balaban J connectivity index is 4.17. The summed E-state index contributed by atoms with van der Waals surface area (Å²) < 4.78 is 0. The molecule has 0 aromatic heterocycles. The summed E-state index contributed by atoms with van der Waals surface area (Å²) in [6, 6.07) is 0. The summed E-state index contributed by atoms with van der Waals surface area (Å²) in [5.74, 6) is -3.46. The summed E-state index contributed by atoms with van der Waals surface area (Å²) in [5, 5.41) is 16.7. The molecule has 5 heteroatoms. The third-order valence-electron chi connectivity index (χ3n) is 1.44. The van der Waals surface area contributed by atoms with Crippen LogP contribution in [0.5, 0.6) is 0 Å². The first-order valence-corrected chi connectivity index (χ1v) is 3.45. The smallest absolute Gasteiger partial charge is 0.372 e. The first kappa shape index (κ1) is 10.8. The Morgan fingerprint density at radius 3 is 2.33 bits per heavy atom.